The van der Waals surface area contributed by atoms with Gasteiger partial charge in [0.1, 0.15) is 13.2 Å². The number of hydrogen-bond donors (Lipinski definition) is 1. The third-order valence-electron chi connectivity index (χ3n) is 4.37. The fourth-order valence-electron chi connectivity index (χ4n) is 3.22. The maximum Gasteiger partial charge on any atom is 0.258 e. The number of aromatic nitrogens is 1. The minimum atomic E-state index is -0.0414. The molecule has 1 saturated heterocycles. The summed E-state index contributed by atoms with van der Waals surface area (Å²) in [5, 5.41) is 3.35. The highest BCUT2D eigenvalue weighted by Gasteiger charge is 2.31. The highest BCUT2D eigenvalue weighted by atomic mass is 35.5. The topological polar surface area (TPSA) is 63.7 Å². The normalized spacial score (nSPS) is 19.0. The van der Waals surface area contributed by atoms with Gasteiger partial charge in [-0.05, 0) is 23.8 Å². The minimum absolute atomic E-state index is 0. The van der Waals surface area contributed by atoms with E-state index in [1.54, 1.807) is 12.3 Å². The van der Waals surface area contributed by atoms with E-state index in [-0.39, 0.29) is 24.4 Å². The molecule has 132 valence electrons. The van der Waals surface area contributed by atoms with E-state index in [1.807, 2.05) is 35.4 Å². The zero-order valence-electron chi connectivity index (χ0n) is 13.7. The number of carbonyl (C=O) groups excluding carboxylic acids is 1. The first-order valence-electron chi connectivity index (χ1n) is 8.15. The van der Waals surface area contributed by atoms with Gasteiger partial charge < -0.3 is 19.7 Å². The number of amides is 1. The second-order valence-electron chi connectivity index (χ2n) is 5.83. The van der Waals surface area contributed by atoms with Gasteiger partial charge in [-0.1, -0.05) is 12.1 Å². The fourth-order valence-corrected chi connectivity index (χ4v) is 3.22. The van der Waals surface area contributed by atoms with Crippen molar-refractivity contribution in [3.8, 4) is 11.5 Å². The quantitative estimate of drug-likeness (QED) is 0.887. The molecule has 1 atom stereocenters. The van der Waals surface area contributed by atoms with Crippen LogP contribution in [0.1, 0.15) is 22.0 Å². The molecule has 1 unspecified atom stereocenters. The number of nitrogens with zero attached hydrogens (tertiary/aromatic N) is 2. The van der Waals surface area contributed by atoms with E-state index in [2.05, 4.69) is 10.3 Å². The highest BCUT2D eigenvalue weighted by molar-refractivity contribution is 5.98. The van der Waals surface area contributed by atoms with Gasteiger partial charge in [-0.25, -0.2) is 0 Å². The molecule has 1 N–H and O–H groups in total. The summed E-state index contributed by atoms with van der Waals surface area (Å²) < 4.78 is 11.3. The second kappa shape index (κ2) is 7.72. The van der Waals surface area contributed by atoms with Crippen LogP contribution in [0.15, 0.2) is 42.7 Å². The summed E-state index contributed by atoms with van der Waals surface area (Å²) in [7, 11) is 0. The number of rotatable bonds is 2. The Labute approximate surface area is 152 Å². The summed E-state index contributed by atoms with van der Waals surface area (Å²) in [6, 6.07) is 9.33. The van der Waals surface area contributed by atoms with E-state index >= 15 is 0 Å². The van der Waals surface area contributed by atoms with Gasteiger partial charge in [0, 0.05) is 32.0 Å². The molecule has 25 heavy (non-hydrogen) atoms. The van der Waals surface area contributed by atoms with Crippen LogP contribution in [0.25, 0.3) is 0 Å². The van der Waals surface area contributed by atoms with Gasteiger partial charge >= 0.3 is 0 Å². The smallest absolute Gasteiger partial charge is 0.258 e. The maximum atomic E-state index is 13.2. The van der Waals surface area contributed by atoms with Crippen LogP contribution in [0.3, 0.4) is 0 Å². The zero-order chi connectivity index (χ0) is 16.4. The van der Waals surface area contributed by atoms with Crippen molar-refractivity contribution < 1.29 is 14.3 Å². The lowest BCUT2D eigenvalue weighted by molar-refractivity contribution is 0.0624. The lowest BCUT2D eigenvalue weighted by Crippen LogP contribution is -2.48. The molecule has 0 bridgehead atoms. The molecule has 7 heteroatoms. The summed E-state index contributed by atoms with van der Waals surface area (Å²) in [5.41, 5.74) is 1.59. The predicted molar refractivity (Wildman–Crippen MR) is 95.6 cm³/mol. The maximum absolute atomic E-state index is 13.2. The van der Waals surface area contributed by atoms with E-state index in [9.17, 15) is 4.79 Å². The Bertz CT molecular complexity index is 742. The molecule has 6 nitrogen and oxygen atoms in total. The number of fused-ring (bicyclic) bond motifs is 1. The molecular weight excluding hydrogens is 342 g/mol. The molecule has 0 aliphatic carbocycles. The van der Waals surface area contributed by atoms with E-state index in [1.165, 1.54) is 0 Å². The number of halogens is 1. The van der Waals surface area contributed by atoms with E-state index in [4.69, 9.17) is 9.47 Å². The zero-order valence-corrected chi connectivity index (χ0v) is 14.5. The average molecular weight is 362 g/mol. The van der Waals surface area contributed by atoms with Gasteiger partial charge in [0.15, 0.2) is 11.5 Å². The summed E-state index contributed by atoms with van der Waals surface area (Å²) in [4.78, 5) is 19.3. The molecule has 3 heterocycles. The lowest BCUT2D eigenvalue weighted by Gasteiger charge is -2.37. The van der Waals surface area contributed by atoms with Crippen LogP contribution in [-0.4, -0.2) is 48.6 Å². The molecule has 0 spiro atoms. The van der Waals surface area contributed by atoms with Crippen molar-refractivity contribution in [2.75, 3.05) is 32.8 Å². The van der Waals surface area contributed by atoms with Crippen molar-refractivity contribution in [3.63, 3.8) is 0 Å². The molecule has 0 radical (unpaired) electrons. The third kappa shape index (κ3) is 3.41. The lowest BCUT2D eigenvalue weighted by atomic mass is 10.0. The number of carbonyl (C=O) groups is 1. The first kappa shape index (κ1) is 17.5. The Morgan fingerprint density at radius 1 is 1.20 bits per heavy atom. The summed E-state index contributed by atoms with van der Waals surface area (Å²) >= 11 is 0. The third-order valence-corrected chi connectivity index (χ3v) is 4.37. The molecule has 4 rings (SSSR count). The van der Waals surface area contributed by atoms with Crippen molar-refractivity contribution in [2.45, 2.75) is 6.04 Å². The fraction of sp³-hybridized carbons (Fsp3) is 0.333. The van der Waals surface area contributed by atoms with Crippen LogP contribution in [0, 0.1) is 0 Å². The van der Waals surface area contributed by atoms with Crippen LogP contribution in [0.2, 0.25) is 0 Å². The Morgan fingerprint density at radius 3 is 2.92 bits per heavy atom. The summed E-state index contributed by atoms with van der Waals surface area (Å²) in [6.07, 6.45) is 3.56. The molecule has 1 amide bonds. The van der Waals surface area contributed by atoms with Gasteiger partial charge in [-0.15, -0.1) is 12.4 Å². The van der Waals surface area contributed by atoms with Crippen LogP contribution in [0.4, 0.5) is 0 Å². The van der Waals surface area contributed by atoms with Gasteiger partial charge in [0.25, 0.3) is 5.91 Å². The molecule has 2 aliphatic heterocycles. The predicted octanol–water partition coefficient (Wildman–Crippen LogP) is 2.06. The molecule has 1 fully saturated rings. The number of piperazine rings is 1. The number of pyridine rings is 1. The van der Waals surface area contributed by atoms with Crippen molar-refractivity contribution in [3.05, 3.63) is 53.9 Å². The Morgan fingerprint density at radius 2 is 2.08 bits per heavy atom. The van der Waals surface area contributed by atoms with Crippen LogP contribution in [0.5, 0.6) is 11.5 Å². The standard InChI is InChI=1S/C18H19N3O3.ClH/c22-18(14-4-1-5-16-17(14)24-10-9-23-16)21-8-7-20-12-15(21)13-3-2-6-19-11-13;/h1-6,11,15,20H,7-10,12H2;1H. The highest BCUT2D eigenvalue weighted by Crippen LogP contribution is 2.35. The van der Waals surface area contributed by atoms with Gasteiger partial charge in [0.05, 0.1) is 11.6 Å². The van der Waals surface area contributed by atoms with Crippen LogP contribution < -0.4 is 14.8 Å². The SMILES string of the molecule is Cl.O=C(c1cccc2c1OCCO2)N1CCNCC1c1cccnc1. The van der Waals surface area contributed by atoms with Gasteiger partial charge in [-0.3, -0.25) is 9.78 Å². The molecule has 1 aromatic heterocycles. The summed E-state index contributed by atoms with van der Waals surface area (Å²) in [5.74, 6) is 1.16. The monoisotopic (exact) mass is 361 g/mol. The molecular formula is C18H20ClN3O3. The first-order chi connectivity index (χ1) is 11.8. The number of benzene rings is 1. The number of hydrogen-bond acceptors (Lipinski definition) is 5. The number of nitrogens with one attached hydrogen (secondary N) is 1. The minimum Gasteiger partial charge on any atom is -0.486 e. The number of para-hydroxylation sites is 1. The molecule has 0 saturated carbocycles. The van der Waals surface area contributed by atoms with Crippen LogP contribution in [-0.2, 0) is 0 Å². The Hall–Kier alpha value is -2.31. The van der Waals surface area contributed by atoms with Crippen molar-refractivity contribution in [1.29, 1.82) is 0 Å². The van der Waals surface area contributed by atoms with Crippen molar-refractivity contribution >= 4 is 18.3 Å². The van der Waals surface area contributed by atoms with Crippen LogP contribution >= 0.6 is 12.4 Å². The second-order valence-corrected chi connectivity index (χ2v) is 5.83. The first-order valence-corrected chi connectivity index (χ1v) is 8.15. The average Bonchev–Trinajstić information content (AvgIpc) is 2.68. The Kier molecular flexibility index (Phi) is 5.40. The van der Waals surface area contributed by atoms with Gasteiger partial charge in [-0.2, -0.15) is 0 Å². The van der Waals surface area contributed by atoms with Gasteiger partial charge in [0.2, 0.25) is 0 Å². The van der Waals surface area contributed by atoms with E-state index in [0.29, 0.717) is 43.4 Å². The Balaban J connectivity index is 0.00000182. The van der Waals surface area contributed by atoms with E-state index < -0.39 is 0 Å². The number of ether oxygens (including phenoxy) is 2. The van der Waals surface area contributed by atoms with E-state index in [0.717, 1.165) is 12.1 Å². The molecule has 2 aromatic rings. The summed E-state index contributed by atoms with van der Waals surface area (Å²) in [6.45, 7) is 3.10. The molecule has 1 aromatic carbocycles. The largest absolute Gasteiger partial charge is 0.486 e. The molecule has 2 aliphatic rings. The van der Waals surface area contributed by atoms with Crippen molar-refractivity contribution in [1.82, 2.24) is 15.2 Å². The van der Waals surface area contributed by atoms with Crippen molar-refractivity contribution in [2.24, 2.45) is 0 Å².